The molecule has 4 rings (SSSR count). The van der Waals surface area contributed by atoms with E-state index in [4.69, 9.17) is 14.9 Å². The quantitative estimate of drug-likeness (QED) is 0.566. The SMILES string of the molecule is NS(=O)c1ccc(Nc2ncc3cccc(CNCC4CCCO4)c3n2)cc1. The van der Waals surface area contributed by atoms with Crippen LogP contribution < -0.4 is 15.8 Å². The number of hydrogen-bond acceptors (Lipinski definition) is 6. The highest BCUT2D eigenvalue weighted by molar-refractivity contribution is 7.82. The average molecular weight is 398 g/mol. The lowest BCUT2D eigenvalue weighted by atomic mass is 10.1. The van der Waals surface area contributed by atoms with E-state index < -0.39 is 11.0 Å². The fourth-order valence-corrected chi connectivity index (χ4v) is 3.70. The van der Waals surface area contributed by atoms with Crippen molar-refractivity contribution in [2.45, 2.75) is 30.4 Å². The lowest BCUT2D eigenvalue weighted by Gasteiger charge is -2.12. The maximum absolute atomic E-state index is 11.3. The first kappa shape index (κ1) is 18.9. The number of ether oxygens (including phenoxy) is 1. The largest absolute Gasteiger partial charge is 0.377 e. The van der Waals surface area contributed by atoms with Gasteiger partial charge >= 0.3 is 0 Å². The van der Waals surface area contributed by atoms with E-state index in [0.29, 0.717) is 16.9 Å². The molecule has 28 heavy (non-hydrogen) atoms. The van der Waals surface area contributed by atoms with Crippen molar-refractivity contribution in [2.75, 3.05) is 18.5 Å². The lowest BCUT2D eigenvalue weighted by molar-refractivity contribution is 0.110. The van der Waals surface area contributed by atoms with Crippen LogP contribution in [0.3, 0.4) is 0 Å². The van der Waals surface area contributed by atoms with Crippen LogP contribution in [0.1, 0.15) is 18.4 Å². The lowest BCUT2D eigenvalue weighted by Crippen LogP contribution is -2.25. The van der Waals surface area contributed by atoms with Crippen molar-refractivity contribution < 1.29 is 8.95 Å². The monoisotopic (exact) mass is 397 g/mol. The number of rotatable bonds is 7. The standard InChI is InChI=1S/C20H23N5O2S/c21-28(26)18-8-6-16(7-9-18)24-20-23-12-15-4-1-3-14(19(15)25-20)11-22-13-17-5-2-10-27-17/h1,3-4,6-9,12,17,22H,2,5,10-11,13,21H2,(H,23,24,25). The van der Waals surface area contributed by atoms with Gasteiger partial charge in [0.15, 0.2) is 0 Å². The molecule has 1 fully saturated rings. The van der Waals surface area contributed by atoms with E-state index in [1.165, 1.54) is 0 Å². The molecule has 8 heteroatoms. The predicted molar refractivity (Wildman–Crippen MR) is 111 cm³/mol. The van der Waals surface area contributed by atoms with Crippen molar-refractivity contribution in [3.8, 4) is 0 Å². The summed E-state index contributed by atoms with van der Waals surface area (Å²) in [5.41, 5.74) is 2.84. The molecule has 2 unspecified atom stereocenters. The van der Waals surface area contributed by atoms with Crippen LogP contribution in [-0.2, 0) is 22.3 Å². The van der Waals surface area contributed by atoms with Gasteiger partial charge in [0.1, 0.15) is 11.0 Å². The summed E-state index contributed by atoms with van der Waals surface area (Å²) in [7, 11) is -1.48. The third kappa shape index (κ3) is 4.53. The van der Waals surface area contributed by atoms with Gasteiger partial charge in [0, 0.05) is 37.0 Å². The smallest absolute Gasteiger partial charge is 0.227 e. The van der Waals surface area contributed by atoms with Crippen LogP contribution in [-0.4, -0.2) is 33.4 Å². The van der Waals surface area contributed by atoms with E-state index in [1.54, 1.807) is 12.1 Å². The Morgan fingerprint density at radius 3 is 2.82 bits per heavy atom. The number of nitrogens with one attached hydrogen (secondary N) is 2. The maximum Gasteiger partial charge on any atom is 0.227 e. The molecule has 0 amide bonds. The molecule has 1 saturated heterocycles. The molecule has 0 aliphatic carbocycles. The molecule has 2 atom stereocenters. The molecule has 2 heterocycles. The van der Waals surface area contributed by atoms with Crippen molar-refractivity contribution in [3.63, 3.8) is 0 Å². The molecule has 0 spiro atoms. The van der Waals surface area contributed by atoms with E-state index in [1.807, 2.05) is 30.5 Å². The Kier molecular flexibility index (Phi) is 5.92. The normalized spacial score (nSPS) is 17.7. The molecule has 0 bridgehead atoms. The van der Waals surface area contributed by atoms with Crippen LogP contribution in [0, 0.1) is 0 Å². The van der Waals surface area contributed by atoms with Gasteiger partial charge in [-0.25, -0.2) is 19.3 Å². The highest BCUT2D eigenvalue weighted by atomic mass is 32.2. The number of fused-ring (bicyclic) bond motifs is 1. The topological polar surface area (TPSA) is 102 Å². The van der Waals surface area contributed by atoms with E-state index in [-0.39, 0.29) is 0 Å². The summed E-state index contributed by atoms with van der Waals surface area (Å²) in [6, 6.07) is 13.2. The summed E-state index contributed by atoms with van der Waals surface area (Å²) < 4.78 is 17.0. The fraction of sp³-hybridized carbons (Fsp3) is 0.300. The minimum absolute atomic E-state index is 0.313. The molecule has 1 aliphatic heterocycles. The Labute approximate surface area is 166 Å². The summed E-state index contributed by atoms with van der Waals surface area (Å²) in [5.74, 6) is 0.515. The number of nitrogens with two attached hydrogens (primary N) is 1. The number of anilines is 2. The molecule has 0 saturated carbocycles. The first-order valence-corrected chi connectivity index (χ1v) is 10.5. The van der Waals surface area contributed by atoms with Crippen LogP contribution in [0.15, 0.2) is 53.6 Å². The molecule has 1 aromatic heterocycles. The van der Waals surface area contributed by atoms with Gasteiger partial charge in [0.2, 0.25) is 5.95 Å². The van der Waals surface area contributed by atoms with Crippen LogP contribution in [0.2, 0.25) is 0 Å². The second-order valence-electron chi connectivity index (χ2n) is 6.76. The number of para-hydroxylation sites is 1. The first-order valence-electron chi connectivity index (χ1n) is 9.29. The van der Waals surface area contributed by atoms with Gasteiger partial charge in [-0.05, 0) is 42.7 Å². The summed E-state index contributed by atoms with van der Waals surface area (Å²) >= 11 is 0. The third-order valence-electron chi connectivity index (χ3n) is 4.75. The highest BCUT2D eigenvalue weighted by Gasteiger charge is 2.15. The zero-order chi connectivity index (χ0) is 19.3. The van der Waals surface area contributed by atoms with Gasteiger partial charge in [-0.3, -0.25) is 0 Å². The summed E-state index contributed by atoms with van der Waals surface area (Å²) in [5, 5.41) is 13.0. The fourth-order valence-electron chi connectivity index (χ4n) is 3.29. The summed E-state index contributed by atoms with van der Waals surface area (Å²) in [6.07, 6.45) is 4.39. The van der Waals surface area contributed by atoms with Gasteiger partial charge in [0.25, 0.3) is 0 Å². The molecule has 146 valence electrons. The molecule has 3 aromatic rings. The number of benzene rings is 2. The van der Waals surface area contributed by atoms with Crippen LogP contribution in [0.25, 0.3) is 10.9 Å². The Balaban J connectivity index is 1.49. The summed E-state index contributed by atoms with van der Waals surface area (Å²) in [4.78, 5) is 9.67. The Hall–Kier alpha value is -2.39. The van der Waals surface area contributed by atoms with E-state index in [9.17, 15) is 4.21 Å². The van der Waals surface area contributed by atoms with Gasteiger partial charge < -0.3 is 15.4 Å². The molecule has 1 aliphatic rings. The highest BCUT2D eigenvalue weighted by Crippen LogP contribution is 2.20. The van der Waals surface area contributed by atoms with Gasteiger partial charge in [-0.2, -0.15) is 0 Å². The second kappa shape index (κ2) is 8.74. The van der Waals surface area contributed by atoms with Gasteiger partial charge in [-0.1, -0.05) is 18.2 Å². The molecule has 4 N–H and O–H groups in total. The summed E-state index contributed by atoms with van der Waals surface area (Å²) in [6.45, 7) is 2.44. The molecule has 2 aromatic carbocycles. The molecule has 7 nitrogen and oxygen atoms in total. The number of aromatic nitrogens is 2. The van der Waals surface area contributed by atoms with Gasteiger partial charge in [-0.15, -0.1) is 0 Å². The van der Waals surface area contributed by atoms with Crippen molar-refractivity contribution in [2.24, 2.45) is 5.14 Å². The average Bonchev–Trinajstić information content (AvgIpc) is 3.22. The molecular weight excluding hydrogens is 374 g/mol. The van der Waals surface area contributed by atoms with Crippen LogP contribution >= 0.6 is 0 Å². The van der Waals surface area contributed by atoms with Crippen LogP contribution in [0.5, 0.6) is 0 Å². The number of nitrogens with zero attached hydrogens (tertiary/aromatic N) is 2. The van der Waals surface area contributed by atoms with Crippen molar-refractivity contribution in [1.29, 1.82) is 0 Å². The molecular formula is C20H23N5O2S. The zero-order valence-electron chi connectivity index (χ0n) is 15.4. The zero-order valence-corrected chi connectivity index (χ0v) is 16.2. The number of hydrogen-bond donors (Lipinski definition) is 3. The third-order valence-corrected chi connectivity index (χ3v) is 5.49. The van der Waals surface area contributed by atoms with Crippen LogP contribution in [0.4, 0.5) is 11.6 Å². The van der Waals surface area contributed by atoms with Crippen molar-refractivity contribution in [3.05, 3.63) is 54.2 Å². The Morgan fingerprint density at radius 1 is 1.21 bits per heavy atom. The maximum atomic E-state index is 11.3. The molecule has 0 radical (unpaired) electrons. The first-order chi connectivity index (χ1) is 13.7. The van der Waals surface area contributed by atoms with Crippen molar-refractivity contribution >= 4 is 33.5 Å². The van der Waals surface area contributed by atoms with Gasteiger partial charge in [0.05, 0.1) is 16.5 Å². The second-order valence-corrected chi connectivity index (χ2v) is 7.83. The Bertz CT molecular complexity index is 974. The Morgan fingerprint density at radius 2 is 2.07 bits per heavy atom. The van der Waals surface area contributed by atoms with E-state index in [0.717, 1.165) is 54.7 Å². The van der Waals surface area contributed by atoms with Crippen molar-refractivity contribution in [1.82, 2.24) is 15.3 Å². The minimum atomic E-state index is -1.48. The van der Waals surface area contributed by atoms with E-state index >= 15 is 0 Å². The minimum Gasteiger partial charge on any atom is -0.377 e. The van der Waals surface area contributed by atoms with E-state index in [2.05, 4.69) is 21.7 Å². The predicted octanol–water partition coefficient (Wildman–Crippen LogP) is 2.62.